The first-order valence-corrected chi connectivity index (χ1v) is 9.71. The number of piperidine rings is 1. The van der Waals surface area contributed by atoms with E-state index < -0.39 is 0 Å². The monoisotopic (exact) mass is 292 g/mol. The SMILES string of the molecule is CC(C)CCN(CCC1CC2CCC(C1)N2)C1CCCC1. The summed E-state index contributed by atoms with van der Waals surface area (Å²) in [6.07, 6.45) is 14.5. The average Bonchev–Trinajstić information content (AvgIpc) is 3.09. The Balaban J connectivity index is 1.46. The molecule has 1 saturated carbocycles. The smallest absolute Gasteiger partial charge is 0.00952 e. The maximum Gasteiger partial charge on any atom is 0.00952 e. The molecule has 0 aromatic carbocycles. The van der Waals surface area contributed by atoms with Gasteiger partial charge in [-0.05, 0) is 76.3 Å². The van der Waals surface area contributed by atoms with Gasteiger partial charge in [0.15, 0.2) is 0 Å². The van der Waals surface area contributed by atoms with E-state index in [1.54, 1.807) is 0 Å². The number of hydrogen-bond acceptors (Lipinski definition) is 2. The van der Waals surface area contributed by atoms with E-state index in [9.17, 15) is 0 Å². The molecular formula is C19H36N2. The van der Waals surface area contributed by atoms with Crippen LogP contribution in [0.4, 0.5) is 0 Å². The first-order chi connectivity index (χ1) is 10.2. The maximum atomic E-state index is 3.79. The highest BCUT2D eigenvalue weighted by atomic mass is 15.2. The molecule has 2 saturated heterocycles. The summed E-state index contributed by atoms with van der Waals surface area (Å²) >= 11 is 0. The van der Waals surface area contributed by atoms with E-state index in [2.05, 4.69) is 24.1 Å². The van der Waals surface area contributed by atoms with Crippen LogP contribution in [0.5, 0.6) is 0 Å². The van der Waals surface area contributed by atoms with Crippen molar-refractivity contribution in [2.45, 2.75) is 96.2 Å². The Morgan fingerprint density at radius 1 is 0.952 bits per heavy atom. The fraction of sp³-hybridized carbons (Fsp3) is 1.00. The fourth-order valence-electron chi connectivity index (χ4n) is 4.93. The second-order valence-electron chi connectivity index (χ2n) is 8.42. The Labute approximate surface area is 132 Å². The molecule has 21 heavy (non-hydrogen) atoms. The van der Waals surface area contributed by atoms with Crippen LogP contribution in [0.2, 0.25) is 0 Å². The molecule has 2 bridgehead atoms. The average molecular weight is 293 g/mol. The van der Waals surface area contributed by atoms with Gasteiger partial charge in [-0.15, -0.1) is 0 Å². The van der Waals surface area contributed by atoms with Crippen LogP contribution in [-0.4, -0.2) is 36.1 Å². The van der Waals surface area contributed by atoms with Crippen LogP contribution in [0.15, 0.2) is 0 Å². The highest BCUT2D eigenvalue weighted by molar-refractivity contribution is 4.92. The lowest BCUT2D eigenvalue weighted by molar-refractivity contribution is 0.163. The van der Waals surface area contributed by atoms with Crippen LogP contribution >= 0.6 is 0 Å². The van der Waals surface area contributed by atoms with Gasteiger partial charge in [-0.3, -0.25) is 0 Å². The van der Waals surface area contributed by atoms with E-state index in [4.69, 9.17) is 0 Å². The lowest BCUT2D eigenvalue weighted by Crippen LogP contribution is -2.40. The molecule has 3 aliphatic rings. The third-order valence-electron chi connectivity index (χ3n) is 6.23. The zero-order valence-corrected chi connectivity index (χ0v) is 14.3. The lowest BCUT2D eigenvalue weighted by atomic mass is 9.89. The molecule has 0 amide bonds. The summed E-state index contributed by atoms with van der Waals surface area (Å²) in [5.41, 5.74) is 0. The summed E-state index contributed by atoms with van der Waals surface area (Å²) in [4.78, 5) is 2.87. The van der Waals surface area contributed by atoms with E-state index in [-0.39, 0.29) is 0 Å². The van der Waals surface area contributed by atoms with Crippen molar-refractivity contribution < 1.29 is 0 Å². The summed E-state index contributed by atoms with van der Waals surface area (Å²) in [7, 11) is 0. The largest absolute Gasteiger partial charge is 0.311 e. The van der Waals surface area contributed by atoms with Crippen LogP contribution in [0, 0.1) is 11.8 Å². The molecule has 2 heterocycles. The minimum atomic E-state index is 0.851. The molecule has 2 unspecified atom stereocenters. The topological polar surface area (TPSA) is 15.3 Å². The maximum absolute atomic E-state index is 3.79. The van der Waals surface area contributed by atoms with Crippen molar-refractivity contribution in [3.05, 3.63) is 0 Å². The predicted octanol–water partition coefficient (Wildman–Crippen LogP) is 4.20. The zero-order valence-electron chi connectivity index (χ0n) is 14.3. The molecule has 0 radical (unpaired) electrons. The number of fused-ring (bicyclic) bond motifs is 2. The van der Waals surface area contributed by atoms with Gasteiger partial charge in [-0.25, -0.2) is 0 Å². The molecule has 3 rings (SSSR count). The summed E-state index contributed by atoms with van der Waals surface area (Å²) in [5, 5.41) is 3.79. The van der Waals surface area contributed by atoms with Crippen molar-refractivity contribution in [1.29, 1.82) is 0 Å². The molecule has 2 atom stereocenters. The van der Waals surface area contributed by atoms with Crippen LogP contribution in [0.25, 0.3) is 0 Å². The van der Waals surface area contributed by atoms with Gasteiger partial charge < -0.3 is 10.2 Å². The highest BCUT2D eigenvalue weighted by Crippen LogP contribution is 2.33. The molecule has 2 heteroatoms. The van der Waals surface area contributed by atoms with Crippen LogP contribution in [0.1, 0.15) is 78.1 Å². The quantitative estimate of drug-likeness (QED) is 0.756. The minimum absolute atomic E-state index is 0.851. The summed E-state index contributed by atoms with van der Waals surface area (Å²) < 4.78 is 0. The first-order valence-electron chi connectivity index (χ1n) is 9.71. The molecule has 3 fully saturated rings. The Bertz CT molecular complexity index is 297. The fourth-order valence-corrected chi connectivity index (χ4v) is 4.93. The van der Waals surface area contributed by atoms with Crippen molar-refractivity contribution in [2.24, 2.45) is 11.8 Å². The third kappa shape index (κ3) is 4.45. The van der Waals surface area contributed by atoms with Gasteiger partial charge in [0.25, 0.3) is 0 Å². The van der Waals surface area contributed by atoms with Gasteiger partial charge in [-0.2, -0.15) is 0 Å². The molecule has 122 valence electrons. The second-order valence-corrected chi connectivity index (χ2v) is 8.42. The molecule has 2 nitrogen and oxygen atoms in total. The standard InChI is InChI=1S/C19H36N2/c1-15(2)9-11-21(19-5-3-4-6-19)12-10-16-13-17-7-8-18(14-16)20-17/h15-20H,3-14H2,1-2H3. The van der Waals surface area contributed by atoms with E-state index >= 15 is 0 Å². The van der Waals surface area contributed by atoms with Crippen molar-refractivity contribution in [3.63, 3.8) is 0 Å². The van der Waals surface area contributed by atoms with Crippen LogP contribution in [-0.2, 0) is 0 Å². The number of nitrogens with zero attached hydrogens (tertiary/aromatic N) is 1. The summed E-state index contributed by atoms with van der Waals surface area (Å²) in [6.45, 7) is 7.47. The first kappa shape index (κ1) is 15.8. The van der Waals surface area contributed by atoms with Crippen molar-refractivity contribution in [1.82, 2.24) is 10.2 Å². The number of hydrogen-bond donors (Lipinski definition) is 1. The zero-order chi connectivity index (χ0) is 14.7. The predicted molar refractivity (Wildman–Crippen MR) is 90.6 cm³/mol. The highest BCUT2D eigenvalue weighted by Gasteiger charge is 2.33. The van der Waals surface area contributed by atoms with E-state index in [1.807, 2.05) is 0 Å². The van der Waals surface area contributed by atoms with Gasteiger partial charge in [-0.1, -0.05) is 26.7 Å². The molecule has 0 spiro atoms. The molecule has 0 aromatic heterocycles. The lowest BCUT2D eigenvalue weighted by Gasteiger charge is -2.34. The molecular weight excluding hydrogens is 256 g/mol. The van der Waals surface area contributed by atoms with Gasteiger partial charge in [0, 0.05) is 18.1 Å². The minimum Gasteiger partial charge on any atom is -0.311 e. The van der Waals surface area contributed by atoms with E-state index in [0.29, 0.717) is 0 Å². The van der Waals surface area contributed by atoms with Gasteiger partial charge in [0.1, 0.15) is 0 Å². The molecule has 1 N–H and O–H groups in total. The molecule has 2 aliphatic heterocycles. The van der Waals surface area contributed by atoms with E-state index in [1.165, 1.54) is 77.3 Å². The van der Waals surface area contributed by atoms with Crippen molar-refractivity contribution in [3.8, 4) is 0 Å². The Kier molecular flexibility index (Phi) is 5.61. The third-order valence-corrected chi connectivity index (χ3v) is 6.23. The van der Waals surface area contributed by atoms with Gasteiger partial charge in [0.2, 0.25) is 0 Å². The summed E-state index contributed by atoms with van der Waals surface area (Å²) in [5.74, 6) is 1.86. The Hall–Kier alpha value is -0.0800. The molecule has 1 aliphatic carbocycles. The number of rotatable bonds is 7. The van der Waals surface area contributed by atoms with E-state index in [0.717, 1.165) is 30.0 Å². The summed E-state index contributed by atoms with van der Waals surface area (Å²) in [6, 6.07) is 2.65. The Morgan fingerprint density at radius 2 is 1.62 bits per heavy atom. The van der Waals surface area contributed by atoms with Crippen LogP contribution in [0.3, 0.4) is 0 Å². The van der Waals surface area contributed by atoms with Crippen LogP contribution < -0.4 is 5.32 Å². The Morgan fingerprint density at radius 3 is 2.24 bits per heavy atom. The second kappa shape index (κ2) is 7.46. The van der Waals surface area contributed by atoms with Gasteiger partial charge >= 0.3 is 0 Å². The molecule has 0 aromatic rings. The normalized spacial score (nSPS) is 33.4. The van der Waals surface area contributed by atoms with Crippen molar-refractivity contribution in [2.75, 3.05) is 13.1 Å². The number of nitrogens with one attached hydrogen (secondary N) is 1. The van der Waals surface area contributed by atoms with Gasteiger partial charge in [0.05, 0.1) is 0 Å². The van der Waals surface area contributed by atoms with Crippen molar-refractivity contribution >= 4 is 0 Å².